The Hall–Kier alpha value is -1.47. The lowest BCUT2D eigenvalue weighted by Crippen LogP contribution is -2.64. The first-order chi connectivity index (χ1) is 26.1. The molecule has 0 bridgehead atoms. The molecule has 0 spiro atoms. The Morgan fingerprint density at radius 3 is 1.87 bits per heavy atom. The van der Waals surface area contributed by atoms with E-state index in [1.54, 1.807) is 6.08 Å². The average Bonchev–Trinajstić information content (AvgIpc) is 3.16. The van der Waals surface area contributed by atoms with Crippen molar-refractivity contribution < 1.29 is 94.5 Å². The van der Waals surface area contributed by atoms with Crippen LogP contribution in [0.2, 0.25) is 0 Å². The zero-order chi connectivity index (χ0) is 39.7. The zero-order valence-corrected chi connectivity index (χ0v) is 30.4. The Balaban J connectivity index is 1.16. The number of esters is 1. The minimum atomic E-state index is -1.78. The van der Waals surface area contributed by atoms with Crippen molar-refractivity contribution in [2.24, 2.45) is 17.8 Å². The number of hydrogen-bond acceptors (Lipinski definition) is 18. The van der Waals surface area contributed by atoms with E-state index in [9.17, 15) is 66.1 Å². The van der Waals surface area contributed by atoms with Crippen LogP contribution in [-0.4, -0.2) is 202 Å². The molecular weight excluding hydrogens is 736 g/mol. The Labute approximate surface area is 317 Å². The lowest BCUT2D eigenvalue weighted by atomic mass is 9.72. The first kappa shape index (κ1) is 43.1. The van der Waals surface area contributed by atoms with Gasteiger partial charge in [-0.1, -0.05) is 6.08 Å². The van der Waals surface area contributed by atoms with Gasteiger partial charge < -0.3 is 89.7 Å². The molecule has 19 heteroatoms. The standard InChI is InChI=1S/C36H58O19/c37-12-25-28(44)30(46)32(48)35(54-25)52-23-10-16(38)9-22-17(23)11-24(34(51-22)15-3-5-19(40)21(42)8-15)53-36-33(49)31(47)29(45)26(55-36)13-50-27(43)6-2-14-1-4-18(39)20(41)7-14/h2,6,14-26,28-42,44-49H,1,3-5,7-13H2/p+1/t14?,15?,16?,17?,18?,19?,20?,21?,22?,23?,24?,25-,26+,28+,29+,30-,31-,32+,33+,34?,35+,36+/m1/s1. The number of carbonyl (C=O) groups is 1. The highest BCUT2D eigenvalue weighted by Crippen LogP contribution is 2.44. The minimum absolute atomic E-state index is 0.0655. The fraction of sp³-hybridized carbons (Fsp3) is 0.917. The van der Waals surface area contributed by atoms with Gasteiger partial charge in [0.15, 0.2) is 24.8 Å². The van der Waals surface area contributed by atoms with Crippen molar-refractivity contribution in [2.75, 3.05) is 13.2 Å². The molecule has 0 radical (unpaired) electrons. The van der Waals surface area contributed by atoms with Gasteiger partial charge >= 0.3 is 5.97 Å². The molecule has 0 amide bonds. The van der Waals surface area contributed by atoms with Crippen LogP contribution in [0.1, 0.15) is 57.8 Å². The molecule has 19 nitrogen and oxygen atoms in total. The van der Waals surface area contributed by atoms with Crippen LogP contribution in [0.3, 0.4) is 0 Å². The van der Waals surface area contributed by atoms with Gasteiger partial charge in [-0.15, -0.1) is 0 Å². The second-order valence-corrected chi connectivity index (χ2v) is 16.2. The summed E-state index contributed by atoms with van der Waals surface area (Å²) in [5.74, 6) is -1.77. The predicted octanol–water partition coefficient (Wildman–Crippen LogP) is -5.05. The third-order valence-electron chi connectivity index (χ3n) is 12.4. The third kappa shape index (κ3) is 9.88. The van der Waals surface area contributed by atoms with E-state index in [-0.39, 0.29) is 50.4 Å². The number of aliphatic hydroxyl groups excluding tert-OH is 12. The van der Waals surface area contributed by atoms with Gasteiger partial charge in [0.05, 0.1) is 49.1 Å². The maximum absolute atomic E-state index is 12.6. The molecule has 3 saturated heterocycles. The van der Waals surface area contributed by atoms with Crippen molar-refractivity contribution in [3.05, 3.63) is 12.2 Å². The lowest BCUT2D eigenvalue weighted by Gasteiger charge is -2.50. The highest BCUT2D eigenvalue weighted by Gasteiger charge is 2.56. The van der Waals surface area contributed by atoms with Crippen LogP contribution in [0.25, 0.3) is 0 Å². The van der Waals surface area contributed by atoms with Gasteiger partial charge in [-0.2, -0.15) is 0 Å². The minimum Gasteiger partial charge on any atom is -0.460 e. The molecule has 13 N–H and O–H groups in total. The summed E-state index contributed by atoms with van der Waals surface area (Å²) in [6.07, 6.45) is -18.0. The van der Waals surface area contributed by atoms with E-state index in [0.717, 1.165) is 0 Å². The second kappa shape index (κ2) is 18.6. The highest BCUT2D eigenvalue weighted by atomic mass is 16.7. The summed E-state index contributed by atoms with van der Waals surface area (Å²) in [6.45, 7) is -1.19. The van der Waals surface area contributed by atoms with Gasteiger partial charge in [0.2, 0.25) is 0 Å². The van der Waals surface area contributed by atoms with E-state index in [0.29, 0.717) is 19.3 Å². The quantitative estimate of drug-likeness (QED) is 0.0559. The topological polar surface area (TPSA) is 319 Å². The van der Waals surface area contributed by atoms with E-state index < -0.39 is 141 Å². The number of allylic oxidation sites excluding steroid dienone is 1. The van der Waals surface area contributed by atoms with E-state index >= 15 is 0 Å². The number of aliphatic hydroxyl groups is 14. The van der Waals surface area contributed by atoms with Crippen molar-refractivity contribution >= 4 is 5.97 Å². The molecule has 12 unspecified atom stereocenters. The largest absolute Gasteiger partial charge is 0.460 e. The summed E-state index contributed by atoms with van der Waals surface area (Å²) in [6, 6.07) is 0. The van der Waals surface area contributed by atoms with Crippen LogP contribution in [0, 0.1) is 17.8 Å². The molecule has 0 aromatic carbocycles. The number of fused-ring (bicyclic) bond motifs is 1. The summed E-state index contributed by atoms with van der Waals surface area (Å²) in [7, 11) is 0. The smallest absolute Gasteiger partial charge is 0.330 e. The van der Waals surface area contributed by atoms with Crippen LogP contribution < -0.4 is 0 Å². The molecule has 0 aromatic rings. The Kier molecular flexibility index (Phi) is 14.6. The number of hydrogen-bond donors (Lipinski definition) is 12. The van der Waals surface area contributed by atoms with E-state index in [1.165, 1.54) is 6.08 Å². The summed E-state index contributed by atoms with van der Waals surface area (Å²) >= 11 is 0. The Bertz CT molecular complexity index is 1270. The van der Waals surface area contributed by atoms with Gasteiger partial charge in [0.25, 0.3) is 0 Å². The molecule has 0 aromatic heterocycles. The van der Waals surface area contributed by atoms with Crippen LogP contribution in [0.4, 0.5) is 0 Å². The SMILES string of the molecule is O=C(C=CC1CCC(O)C(O)C1)OC[C@@H]1O[C@H](OC2CC3C(O[C@H]4O[C@H](CO)[C@H](O)[C@@H](O)[C@@H]4O)CC(O)CC3[OH+]C2C2CCC(O)C(O)C2)[C@@H](O)[C@H](O)[C@H]1O. The molecule has 3 heterocycles. The fourth-order valence-electron chi connectivity index (χ4n) is 9.09. The first-order valence-electron chi connectivity index (χ1n) is 19.4. The van der Waals surface area contributed by atoms with E-state index in [4.69, 9.17) is 28.4 Å². The van der Waals surface area contributed by atoms with Crippen LogP contribution in [0.5, 0.6) is 0 Å². The molecule has 316 valence electrons. The predicted molar refractivity (Wildman–Crippen MR) is 182 cm³/mol. The van der Waals surface area contributed by atoms with E-state index in [2.05, 4.69) is 0 Å². The van der Waals surface area contributed by atoms with E-state index in [1.807, 2.05) is 0 Å². The Morgan fingerprint density at radius 2 is 1.24 bits per heavy atom. The normalized spacial score (nSPS) is 51.1. The molecule has 6 rings (SSSR count). The fourth-order valence-corrected chi connectivity index (χ4v) is 9.09. The maximum atomic E-state index is 12.6. The van der Waals surface area contributed by atoms with Crippen LogP contribution >= 0.6 is 0 Å². The summed E-state index contributed by atoms with van der Waals surface area (Å²) in [5, 5.41) is 125. The Morgan fingerprint density at radius 1 is 0.636 bits per heavy atom. The molecule has 6 fully saturated rings. The molecule has 3 aliphatic carbocycles. The number of ether oxygens (including phenoxy) is 6. The maximum Gasteiger partial charge on any atom is 0.330 e. The molecule has 6 aliphatic rings. The summed E-state index contributed by atoms with van der Waals surface area (Å²) in [4.78, 5) is 12.6. The molecule has 3 saturated carbocycles. The lowest BCUT2D eigenvalue weighted by molar-refractivity contribution is -0.367. The highest BCUT2D eigenvalue weighted by molar-refractivity contribution is 5.81. The van der Waals surface area contributed by atoms with Gasteiger partial charge in [0.1, 0.15) is 61.5 Å². The van der Waals surface area contributed by atoms with Crippen LogP contribution in [-0.2, 0) is 28.5 Å². The summed E-state index contributed by atoms with van der Waals surface area (Å²) in [5.41, 5.74) is 0. The molecule has 22 atom stereocenters. The summed E-state index contributed by atoms with van der Waals surface area (Å²) < 4.78 is 34.4. The zero-order valence-electron chi connectivity index (χ0n) is 30.4. The van der Waals surface area contributed by atoms with Crippen molar-refractivity contribution in [3.8, 4) is 0 Å². The van der Waals surface area contributed by atoms with Crippen molar-refractivity contribution in [2.45, 2.75) is 174 Å². The average molecular weight is 796 g/mol. The molecule has 55 heavy (non-hydrogen) atoms. The van der Waals surface area contributed by atoms with Gasteiger partial charge in [-0.05, 0) is 50.9 Å². The number of carbonyl (C=O) groups excluding carboxylic acids is 1. The number of rotatable bonds is 10. The molecule has 3 aliphatic heterocycles. The monoisotopic (exact) mass is 795 g/mol. The second-order valence-electron chi connectivity index (χ2n) is 16.2. The van der Waals surface area contributed by atoms with Crippen LogP contribution in [0.15, 0.2) is 12.2 Å². The van der Waals surface area contributed by atoms with Gasteiger partial charge in [-0.3, -0.25) is 0 Å². The first-order valence-corrected chi connectivity index (χ1v) is 19.4. The van der Waals surface area contributed by atoms with Crippen molar-refractivity contribution in [3.63, 3.8) is 0 Å². The third-order valence-corrected chi connectivity index (χ3v) is 12.4. The molecular formula is C36H59O19+. The van der Waals surface area contributed by atoms with Gasteiger partial charge in [-0.25, -0.2) is 4.79 Å². The van der Waals surface area contributed by atoms with Gasteiger partial charge in [0, 0.05) is 24.8 Å². The van der Waals surface area contributed by atoms with Crippen molar-refractivity contribution in [1.29, 1.82) is 0 Å². The van der Waals surface area contributed by atoms with Crippen molar-refractivity contribution in [1.82, 2.24) is 0 Å².